The van der Waals surface area contributed by atoms with Crippen molar-refractivity contribution in [3.8, 4) is 0 Å². The van der Waals surface area contributed by atoms with Crippen molar-refractivity contribution in [2.24, 2.45) is 7.05 Å². The molecule has 2 aromatic rings. The average molecular weight is 254 g/mol. The summed E-state index contributed by atoms with van der Waals surface area (Å²) < 4.78 is 6.68. The Balaban J connectivity index is 2.41. The molecule has 0 aliphatic heterocycles. The number of hydrogen-bond acceptors (Lipinski definition) is 6. The molecule has 17 heavy (non-hydrogen) atoms. The summed E-state index contributed by atoms with van der Waals surface area (Å²) >= 11 is 1.09. The molecule has 0 bridgehead atoms. The van der Waals surface area contributed by atoms with Gasteiger partial charge >= 0.3 is 5.97 Å². The quantitative estimate of drug-likeness (QED) is 0.881. The van der Waals surface area contributed by atoms with E-state index in [0.717, 1.165) is 11.8 Å². The van der Waals surface area contributed by atoms with E-state index in [9.17, 15) is 4.79 Å². The first-order valence-electron chi connectivity index (χ1n) is 4.74. The highest BCUT2D eigenvalue weighted by molar-refractivity contribution is 7.99. The van der Waals surface area contributed by atoms with Gasteiger partial charge in [-0.05, 0) is 18.7 Å². The highest BCUT2D eigenvalue weighted by Gasteiger charge is 2.22. The van der Waals surface area contributed by atoms with E-state index in [-0.39, 0.29) is 5.56 Å². The molecule has 0 saturated heterocycles. The normalized spacial score (nSPS) is 10.8. The molecule has 2 rings (SSSR count). The molecule has 1 N–H and O–H groups in total. The number of aromatic carboxylic acids is 1. The second kappa shape index (κ2) is 4.21. The van der Waals surface area contributed by atoms with E-state index in [1.54, 1.807) is 20.9 Å². The van der Waals surface area contributed by atoms with Crippen LogP contribution in [-0.4, -0.2) is 31.1 Å². The maximum Gasteiger partial charge on any atom is 0.340 e. The molecule has 0 atom stereocenters. The summed E-state index contributed by atoms with van der Waals surface area (Å²) in [5.74, 6) is -0.586. The predicted octanol–water partition coefficient (Wildman–Crippen LogP) is 1.27. The minimum absolute atomic E-state index is 0.161. The monoisotopic (exact) mass is 254 g/mol. The van der Waals surface area contributed by atoms with Crippen molar-refractivity contribution in [2.75, 3.05) is 0 Å². The molecular weight excluding hydrogens is 244 g/mol. The topological polar surface area (TPSA) is 94.0 Å². The maximum absolute atomic E-state index is 11.1. The lowest BCUT2D eigenvalue weighted by molar-refractivity contribution is 0.0692. The molecule has 0 amide bonds. The fourth-order valence-electron chi connectivity index (χ4n) is 1.40. The smallest absolute Gasteiger partial charge is 0.340 e. The van der Waals surface area contributed by atoms with Crippen LogP contribution in [0.25, 0.3) is 0 Å². The van der Waals surface area contributed by atoms with E-state index >= 15 is 0 Å². The van der Waals surface area contributed by atoms with Gasteiger partial charge in [0.1, 0.15) is 10.6 Å². The van der Waals surface area contributed by atoms with Crippen molar-refractivity contribution >= 4 is 17.7 Å². The van der Waals surface area contributed by atoms with Crippen molar-refractivity contribution in [3.63, 3.8) is 0 Å². The van der Waals surface area contributed by atoms with Crippen molar-refractivity contribution < 1.29 is 14.3 Å². The van der Waals surface area contributed by atoms with Gasteiger partial charge in [-0.2, -0.15) is 5.10 Å². The van der Waals surface area contributed by atoms with Gasteiger partial charge in [0.05, 0.1) is 5.69 Å². The molecule has 2 heterocycles. The van der Waals surface area contributed by atoms with Gasteiger partial charge in [-0.25, -0.2) is 4.79 Å². The fourth-order valence-corrected chi connectivity index (χ4v) is 2.32. The zero-order chi connectivity index (χ0) is 12.6. The number of rotatable bonds is 3. The van der Waals surface area contributed by atoms with Crippen LogP contribution in [0.2, 0.25) is 0 Å². The first-order chi connectivity index (χ1) is 7.99. The van der Waals surface area contributed by atoms with Crippen LogP contribution in [0.15, 0.2) is 14.7 Å². The van der Waals surface area contributed by atoms with Crippen molar-refractivity contribution in [1.82, 2.24) is 20.0 Å². The molecule has 0 unspecified atom stereocenters. The van der Waals surface area contributed by atoms with Gasteiger partial charge in [0.25, 0.3) is 5.22 Å². The van der Waals surface area contributed by atoms with Crippen LogP contribution < -0.4 is 0 Å². The molecule has 8 heteroatoms. The van der Waals surface area contributed by atoms with Crippen LogP contribution in [0, 0.1) is 13.8 Å². The Kier molecular flexibility index (Phi) is 2.88. The van der Waals surface area contributed by atoms with Crippen molar-refractivity contribution in [1.29, 1.82) is 0 Å². The number of carboxylic acid groups (broad SMARTS) is 1. The highest BCUT2D eigenvalue weighted by Crippen LogP contribution is 2.30. The minimum atomic E-state index is -1.02. The van der Waals surface area contributed by atoms with E-state index < -0.39 is 5.97 Å². The van der Waals surface area contributed by atoms with E-state index in [0.29, 0.717) is 21.8 Å². The fraction of sp³-hybridized carbons (Fsp3) is 0.333. The Labute approximate surface area is 101 Å². The summed E-state index contributed by atoms with van der Waals surface area (Å²) in [7, 11) is 1.67. The zero-order valence-electron chi connectivity index (χ0n) is 9.46. The molecular formula is C9H10N4O3S. The van der Waals surface area contributed by atoms with Crippen LogP contribution >= 0.6 is 11.8 Å². The van der Waals surface area contributed by atoms with Crippen molar-refractivity contribution in [3.05, 3.63) is 17.1 Å². The van der Waals surface area contributed by atoms with Crippen LogP contribution in [-0.2, 0) is 7.05 Å². The lowest BCUT2D eigenvalue weighted by Crippen LogP contribution is -2.00. The maximum atomic E-state index is 11.1. The number of aryl methyl sites for hydroxylation is 3. The van der Waals surface area contributed by atoms with Gasteiger partial charge in [-0.1, -0.05) is 0 Å². The number of carbonyl (C=O) groups is 1. The Hall–Kier alpha value is -1.83. The molecule has 0 aliphatic carbocycles. The average Bonchev–Trinajstić information content (AvgIpc) is 2.72. The molecule has 0 aromatic carbocycles. The molecule has 7 nitrogen and oxygen atoms in total. The minimum Gasteiger partial charge on any atom is -0.478 e. The second-order valence-electron chi connectivity index (χ2n) is 3.38. The summed E-state index contributed by atoms with van der Waals surface area (Å²) in [5, 5.41) is 21.4. The van der Waals surface area contributed by atoms with Gasteiger partial charge in [-0.15, -0.1) is 10.2 Å². The number of carboxylic acids is 1. The molecule has 0 aliphatic rings. The summed E-state index contributed by atoms with van der Waals surface area (Å²) in [4.78, 5) is 11.1. The Morgan fingerprint density at radius 2 is 2.12 bits per heavy atom. The molecule has 2 aromatic heterocycles. The van der Waals surface area contributed by atoms with Crippen LogP contribution in [0.5, 0.6) is 0 Å². The standard InChI is InChI=1S/C9H10N4O3S/c1-4-6(8(14)15)7(13(3)12-4)17-9-11-10-5(2)16-9/h1-3H3,(H,14,15). The van der Waals surface area contributed by atoms with Gasteiger partial charge in [0, 0.05) is 14.0 Å². The Bertz CT molecular complexity index is 575. The summed E-state index contributed by atoms with van der Waals surface area (Å²) in [6, 6.07) is 0. The Morgan fingerprint density at radius 1 is 1.41 bits per heavy atom. The number of hydrogen-bond donors (Lipinski definition) is 1. The second-order valence-corrected chi connectivity index (χ2v) is 4.32. The Morgan fingerprint density at radius 3 is 2.65 bits per heavy atom. The first-order valence-corrected chi connectivity index (χ1v) is 5.55. The summed E-state index contributed by atoms with van der Waals surface area (Å²) in [6.45, 7) is 3.32. The third kappa shape index (κ3) is 2.16. The lowest BCUT2D eigenvalue weighted by atomic mass is 10.3. The van der Waals surface area contributed by atoms with Crippen LogP contribution in [0.3, 0.4) is 0 Å². The third-order valence-corrected chi connectivity index (χ3v) is 3.08. The largest absolute Gasteiger partial charge is 0.478 e. The van der Waals surface area contributed by atoms with Gasteiger partial charge < -0.3 is 9.52 Å². The van der Waals surface area contributed by atoms with Gasteiger partial charge in [0.15, 0.2) is 0 Å². The van der Waals surface area contributed by atoms with Gasteiger partial charge in [0.2, 0.25) is 5.89 Å². The first kappa shape index (κ1) is 11.6. The van der Waals surface area contributed by atoms with E-state index in [1.807, 2.05) is 0 Å². The molecule has 0 fully saturated rings. The van der Waals surface area contributed by atoms with Crippen LogP contribution in [0.4, 0.5) is 0 Å². The zero-order valence-corrected chi connectivity index (χ0v) is 10.3. The molecule has 90 valence electrons. The molecule has 0 saturated carbocycles. The third-order valence-electron chi connectivity index (χ3n) is 2.07. The number of nitrogens with zero attached hydrogens (tertiary/aromatic N) is 4. The van der Waals surface area contributed by atoms with Crippen LogP contribution in [0.1, 0.15) is 21.9 Å². The lowest BCUT2D eigenvalue weighted by Gasteiger charge is -1.98. The van der Waals surface area contributed by atoms with E-state index in [2.05, 4.69) is 15.3 Å². The summed E-state index contributed by atoms with van der Waals surface area (Å²) in [6.07, 6.45) is 0. The van der Waals surface area contributed by atoms with Gasteiger partial charge in [-0.3, -0.25) is 4.68 Å². The van der Waals surface area contributed by atoms with Crippen molar-refractivity contribution in [2.45, 2.75) is 24.1 Å². The predicted molar refractivity (Wildman–Crippen MR) is 58.1 cm³/mol. The highest BCUT2D eigenvalue weighted by atomic mass is 32.2. The number of aromatic nitrogens is 4. The molecule has 0 spiro atoms. The van der Waals surface area contributed by atoms with E-state index in [1.165, 1.54) is 4.68 Å². The van der Waals surface area contributed by atoms with E-state index in [4.69, 9.17) is 9.52 Å². The SMILES string of the molecule is Cc1nnc(Sc2c(C(=O)O)c(C)nn2C)o1. The summed E-state index contributed by atoms with van der Waals surface area (Å²) in [5.41, 5.74) is 0.618. The molecule has 0 radical (unpaired) electrons.